The van der Waals surface area contributed by atoms with Crippen LogP contribution < -0.4 is 0 Å². The van der Waals surface area contributed by atoms with Gasteiger partial charge in [0.25, 0.3) is 6.43 Å². The summed E-state index contributed by atoms with van der Waals surface area (Å²) in [5.74, 6) is 0. The average molecular weight is 237 g/mol. The van der Waals surface area contributed by atoms with E-state index in [-0.39, 0.29) is 22.0 Å². The molecule has 1 rings (SSSR count). The van der Waals surface area contributed by atoms with Crippen LogP contribution in [0.25, 0.3) is 0 Å². The summed E-state index contributed by atoms with van der Waals surface area (Å²) in [4.78, 5) is 3.44. The lowest BCUT2D eigenvalue weighted by Crippen LogP contribution is -1.99. The van der Waals surface area contributed by atoms with Gasteiger partial charge in [-0.3, -0.25) is 4.98 Å². The van der Waals surface area contributed by atoms with Crippen LogP contribution in [0.4, 0.5) is 8.78 Å². The van der Waals surface area contributed by atoms with Gasteiger partial charge in [0.05, 0.1) is 22.5 Å². The van der Waals surface area contributed by atoms with Gasteiger partial charge in [-0.05, 0) is 0 Å². The Labute approximate surface area is 89.1 Å². The number of halogens is 4. The highest BCUT2D eigenvalue weighted by atomic mass is 35.5. The third kappa shape index (κ3) is 2.11. The number of hydrogen-bond donors (Lipinski definition) is 0. The molecule has 0 saturated carbocycles. The van der Waals surface area contributed by atoms with Crippen LogP contribution in [0.1, 0.15) is 17.7 Å². The smallest absolute Gasteiger partial charge is 0.253 e. The highest BCUT2D eigenvalue weighted by Crippen LogP contribution is 2.31. The highest BCUT2D eigenvalue weighted by Gasteiger charge is 2.18. The number of nitrogens with zero attached hydrogens (tertiary/aromatic N) is 2. The van der Waals surface area contributed by atoms with E-state index in [0.29, 0.717) is 0 Å². The Morgan fingerprint density at radius 3 is 2.64 bits per heavy atom. The fourth-order valence-electron chi connectivity index (χ4n) is 0.953. The van der Waals surface area contributed by atoms with Crippen LogP contribution in [0.5, 0.6) is 0 Å². The Hall–Kier alpha value is -0.920. The summed E-state index contributed by atoms with van der Waals surface area (Å²) >= 11 is 11.2. The zero-order chi connectivity index (χ0) is 10.7. The van der Waals surface area contributed by atoms with Crippen molar-refractivity contribution in [2.24, 2.45) is 0 Å². The van der Waals surface area contributed by atoms with Crippen molar-refractivity contribution in [3.05, 3.63) is 27.5 Å². The van der Waals surface area contributed by atoms with E-state index in [2.05, 4.69) is 4.98 Å². The third-order valence-corrected chi connectivity index (χ3v) is 2.38. The zero-order valence-electron chi connectivity index (χ0n) is 6.77. The molecule has 0 amide bonds. The van der Waals surface area contributed by atoms with E-state index < -0.39 is 12.1 Å². The molecule has 14 heavy (non-hydrogen) atoms. The van der Waals surface area contributed by atoms with Crippen molar-refractivity contribution in [2.45, 2.75) is 12.8 Å². The fraction of sp³-hybridized carbons (Fsp3) is 0.250. The first-order valence-corrected chi connectivity index (χ1v) is 4.31. The van der Waals surface area contributed by atoms with Gasteiger partial charge in [0, 0.05) is 11.8 Å². The number of pyridine rings is 1. The van der Waals surface area contributed by atoms with E-state index in [1.165, 1.54) is 0 Å². The van der Waals surface area contributed by atoms with Crippen LogP contribution in [-0.4, -0.2) is 4.98 Å². The lowest BCUT2D eigenvalue weighted by molar-refractivity contribution is 0.145. The molecule has 0 unspecified atom stereocenters. The molecule has 0 atom stereocenters. The summed E-state index contributed by atoms with van der Waals surface area (Å²) < 4.78 is 24.8. The molecular weight excluding hydrogens is 233 g/mol. The van der Waals surface area contributed by atoms with Crippen molar-refractivity contribution >= 4 is 23.2 Å². The number of hydrogen-bond acceptors (Lipinski definition) is 2. The van der Waals surface area contributed by atoms with Gasteiger partial charge in [-0.2, -0.15) is 5.26 Å². The first-order chi connectivity index (χ1) is 6.57. The van der Waals surface area contributed by atoms with Gasteiger partial charge in [-0.25, -0.2) is 8.78 Å². The lowest BCUT2D eigenvalue weighted by Gasteiger charge is -2.07. The molecule has 0 radical (unpaired) electrons. The molecule has 74 valence electrons. The second-order valence-corrected chi connectivity index (χ2v) is 3.20. The SMILES string of the molecule is N#CCc1c(C(F)F)ncc(Cl)c1Cl. The Kier molecular flexibility index (Phi) is 3.62. The minimum absolute atomic E-state index is 0.00309. The molecule has 1 aromatic rings. The standard InChI is InChI=1S/C8H4Cl2F2N2/c9-5-3-14-7(8(11)12)4(1-2-13)6(5)10/h3,8H,1H2. The minimum atomic E-state index is -2.76. The van der Waals surface area contributed by atoms with Crippen LogP contribution in [0, 0.1) is 11.3 Å². The Morgan fingerprint density at radius 2 is 2.14 bits per heavy atom. The summed E-state index contributed by atoms with van der Waals surface area (Å²) in [6, 6.07) is 1.73. The first kappa shape index (κ1) is 11.2. The monoisotopic (exact) mass is 236 g/mol. The van der Waals surface area contributed by atoms with Crippen molar-refractivity contribution in [1.82, 2.24) is 4.98 Å². The predicted molar refractivity (Wildman–Crippen MR) is 48.5 cm³/mol. The molecule has 6 heteroatoms. The van der Waals surface area contributed by atoms with Gasteiger partial charge in [0.2, 0.25) is 0 Å². The van der Waals surface area contributed by atoms with Gasteiger partial charge in [-0.1, -0.05) is 23.2 Å². The van der Waals surface area contributed by atoms with Crippen molar-refractivity contribution in [3.63, 3.8) is 0 Å². The third-order valence-electron chi connectivity index (χ3n) is 1.56. The van der Waals surface area contributed by atoms with Crippen molar-refractivity contribution in [1.29, 1.82) is 5.26 Å². The van der Waals surface area contributed by atoms with Gasteiger partial charge in [0.15, 0.2) is 0 Å². The summed E-state index contributed by atoms with van der Waals surface area (Å²) in [6.45, 7) is 0. The lowest BCUT2D eigenvalue weighted by atomic mass is 10.1. The van der Waals surface area contributed by atoms with E-state index in [1.54, 1.807) is 6.07 Å². The molecular formula is C8H4Cl2F2N2. The van der Waals surface area contributed by atoms with E-state index in [4.69, 9.17) is 28.5 Å². The Morgan fingerprint density at radius 1 is 1.50 bits per heavy atom. The molecule has 0 bridgehead atoms. The topological polar surface area (TPSA) is 36.7 Å². The maximum Gasteiger partial charge on any atom is 0.280 e. The molecule has 1 aromatic heterocycles. The molecule has 0 N–H and O–H groups in total. The van der Waals surface area contributed by atoms with Crippen LogP contribution in [0.3, 0.4) is 0 Å². The van der Waals surface area contributed by atoms with Crippen LogP contribution >= 0.6 is 23.2 Å². The van der Waals surface area contributed by atoms with Gasteiger partial charge in [-0.15, -0.1) is 0 Å². The summed E-state index contributed by atoms with van der Waals surface area (Å²) in [7, 11) is 0. The number of nitriles is 1. The van der Waals surface area contributed by atoms with Crippen molar-refractivity contribution in [3.8, 4) is 6.07 Å². The maximum absolute atomic E-state index is 12.4. The Balaban J connectivity index is 3.31. The van der Waals surface area contributed by atoms with E-state index in [1.807, 2.05) is 0 Å². The maximum atomic E-state index is 12.4. The molecule has 0 aliphatic heterocycles. The number of alkyl halides is 2. The predicted octanol–water partition coefficient (Wildman–Crippen LogP) is 3.39. The number of rotatable bonds is 2. The van der Waals surface area contributed by atoms with Gasteiger partial charge >= 0.3 is 0 Å². The van der Waals surface area contributed by atoms with E-state index in [0.717, 1.165) is 6.20 Å². The summed E-state index contributed by atoms with van der Waals surface area (Å²) in [5, 5.41) is 8.46. The quantitative estimate of drug-likeness (QED) is 0.790. The molecule has 0 aliphatic rings. The molecule has 0 aromatic carbocycles. The zero-order valence-corrected chi connectivity index (χ0v) is 8.28. The summed E-state index contributed by atoms with van der Waals surface area (Å²) in [6.07, 6.45) is -1.94. The van der Waals surface area contributed by atoms with Crippen molar-refractivity contribution < 1.29 is 8.78 Å². The molecule has 1 heterocycles. The van der Waals surface area contributed by atoms with Gasteiger partial charge in [0.1, 0.15) is 5.69 Å². The normalized spacial score (nSPS) is 10.3. The fourth-order valence-corrected chi connectivity index (χ4v) is 1.33. The largest absolute Gasteiger partial charge is 0.280 e. The average Bonchev–Trinajstić information content (AvgIpc) is 2.13. The molecule has 0 fully saturated rings. The second-order valence-electron chi connectivity index (χ2n) is 2.42. The van der Waals surface area contributed by atoms with Crippen LogP contribution in [0.2, 0.25) is 10.0 Å². The van der Waals surface area contributed by atoms with Crippen LogP contribution in [-0.2, 0) is 6.42 Å². The number of aromatic nitrogens is 1. The molecule has 0 aliphatic carbocycles. The minimum Gasteiger partial charge on any atom is -0.253 e. The highest BCUT2D eigenvalue weighted by molar-refractivity contribution is 6.42. The Bertz CT molecular complexity index is 388. The van der Waals surface area contributed by atoms with E-state index in [9.17, 15) is 8.78 Å². The van der Waals surface area contributed by atoms with Gasteiger partial charge < -0.3 is 0 Å². The molecule has 2 nitrogen and oxygen atoms in total. The first-order valence-electron chi connectivity index (χ1n) is 3.55. The molecule has 0 saturated heterocycles. The van der Waals surface area contributed by atoms with Crippen LogP contribution in [0.15, 0.2) is 6.20 Å². The summed E-state index contributed by atoms with van der Waals surface area (Å²) in [5.41, 5.74) is -0.488. The molecule has 0 spiro atoms. The van der Waals surface area contributed by atoms with E-state index >= 15 is 0 Å². The second kappa shape index (κ2) is 4.54. The van der Waals surface area contributed by atoms with Crippen molar-refractivity contribution in [2.75, 3.05) is 0 Å².